The lowest BCUT2D eigenvalue weighted by Gasteiger charge is -2.27. The standard InChI is InChI=1S/C8H17N/c1-7-4-2-3-5-8(7)6-9/h7-8H,2-6,9H2,1H3/t7-,8?/m1/s1. The summed E-state index contributed by atoms with van der Waals surface area (Å²) in [5.74, 6) is 1.72. The van der Waals surface area contributed by atoms with Gasteiger partial charge < -0.3 is 5.73 Å². The summed E-state index contributed by atoms with van der Waals surface area (Å²) in [5, 5.41) is 0. The molecule has 0 amide bonds. The summed E-state index contributed by atoms with van der Waals surface area (Å²) >= 11 is 0. The van der Waals surface area contributed by atoms with Crippen LogP contribution in [0.3, 0.4) is 0 Å². The minimum absolute atomic E-state index is 0.832. The number of rotatable bonds is 1. The van der Waals surface area contributed by atoms with Crippen LogP contribution in [0.25, 0.3) is 0 Å². The lowest BCUT2D eigenvalue weighted by molar-refractivity contribution is 0.263. The molecule has 1 aliphatic rings. The van der Waals surface area contributed by atoms with Crippen LogP contribution < -0.4 is 5.73 Å². The third-order valence-corrected chi connectivity index (χ3v) is 2.59. The molecule has 1 saturated carbocycles. The molecule has 0 heterocycles. The Bertz CT molecular complexity index is 80.6. The van der Waals surface area contributed by atoms with E-state index in [0.717, 1.165) is 18.4 Å². The Morgan fingerprint density at radius 1 is 1.33 bits per heavy atom. The van der Waals surface area contributed by atoms with Gasteiger partial charge in [0.15, 0.2) is 0 Å². The van der Waals surface area contributed by atoms with Crippen LogP contribution >= 0.6 is 0 Å². The Morgan fingerprint density at radius 3 is 2.44 bits per heavy atom. The van der Waals surface area contributed by atoms with Crippen molar-refractivity contribution in [2.75, 3.05) is 6.54 Å². The fourth-order valence-electron chi connectivity index (χ4n) is 1.74. The van der Waals surface area contributed by atoms with Gasteiger partial charge in [-0.1, -0.05) is 26.2 Å². The molecule has 0 aromatic heterocycles. The predicted octanol–water partition coefficient (Wildman–Crippen LogP) is 1.77. The first-order valence-electron chi connectivity index (χ1n) is 4.04. The van der Waals surface area contributed by atoms with Gasteiger partial charge in [-0.3, -0.25) is 0 Å². The van der Waals surface area contributed by atoms with Crippen molar-refractivity contribution in [3.63, 3.8) is 0 Å². The van der Waals surface area contributed by atoms with Crippen molar-refractivity contribution < 1.29 is 0 Å². The molecule has 9 heavy (non-hydrogen) atoms. The van der Waals surface area contributed by atoms with Crippen LogP contribution in [0.4, 0.5) is 0 Å². The number of nitrogens with two attached hydrogens (primary N) is 1. The van der Waals surface area contributed by atoms with Gasteiger partial charge in [0.05, 0.1) is 0 Å². The molecular formula is C8H17N. The van der Waals surface area contributed by atoms with E-state index < -0.39 is 0 Å². The molecular weight excluding hydrogens is 110 g/mol. The molecule has 1 unspecified atom stereocenters. The predicted molar refractivity (Wildman–Crippen MR) is 40.2 cm³/mol. The van der Waals surface area contributed by atoms with Gasteiger partial charge >= 0.3 is 0 Å². The maximum Gasteiger partial charge on any atom is -0.00463 e. The minimum atomic E-state index is 0.832. The second kappa shape index (κ2) is 3.21. The van der Waals surface area contributed by atoms with E-state index in [-0.39, 0.29) is 0 Å². The molecule has 54 valence electrons. The van der Waals surface area contributed by atoms with Crippen molar-refractivity contribution in [2.24, 2.45) is 17.6 Å². The van der Waals surface area contributed by atoms with Gasteiger partial charge in [0, 0.05) is 0 Å². The normalized spacial score (nSPS) is 36.7. The molecule has 0 saturated heterocycles. The summed E-state index contributed by atoms with van der Waals surface area (Å²) < 4.78 is 0. The van der Waals surface area contributed by atoms with E-state index in [0.29, 0.717) is 0 Å². The topological polar surface area (TPSA) is 26.0 Å². The number of hydrogen-bond donors (Lipinski definition) is 1. The molecule has 0 aromatic rings. The van der Waals surface area contributed by atoms with Gasteiger partial charge in [-0.2, -0.15) is 0 Å². The molecule has 0 aromatic carbocycles. The van der Waals surface area contributed by atoms with Crippen LogP contribution in [-0.4, -0.2) is 6.54 Å². The Hall–Kier alpha value is -0.0400. The van der Waals surface area contributed by atoms with E-state index in [2.05, 4.69) is 6.92 Å². The SMILES string of the molecule is C[C@@H]1CCCCC1CN. The second-order valence-corrected chi connectivity index (χ2v) is 3.26. The van der Waals surface area contributed by atoms with E-state index in [1.54, 1.807) is 0 Å². The van der Waals surface area contributed by atoms with Crippen LogP contribution in [0.15, 0.2) is 0 Å². The highest BCUT2D eigenvalue weighted by Gasteiger charge is 2.18. The monoisotopic (exact) mass is 127 g/mol. The highest BCUT2D eigenvalue weighted by Crippen LogP contribution is 2.28. The van der Waals surface area contributed by atoms with Crippen LogP contribution in [0.1, 0.15) is 32.6 Å². The zero-order valence-corrected chi connectivity index (χ0v) is 6.27. The summed E-state index contributed by atoms with van der Waals surface area (Å²) in [6.07, 6.45) is 5.61. The van der Waals surface area contributed by atoms with Crippen LogP contribution in [0.2, 0.25) is 0 Å². The molecule has 1 rings (SSSR count). The molecule has 1 heteroatoms. The first-order chi connectivity index (χ1) is 4.34. The van der Waals surface area contributed by atoms with E-state index in [4.69, 9.17) is 5.73 Å². The number of hydrogen-bond acceptors (Lipinski definition) is 1. The van der Waals surface area contributed by atoms with Crippen molar-refractivity contribution in [3.05, 3.63) is 0 Å². The van der Waals surface area contributed by atoms with E-state index in [1.165, 1.54) is 25.7 Å². The first kappa shape index (κ1) is 7.07. The first-order valence-corrected chi connectivity index (χ1v) is 4.04. The van der Waals surface area contributed by atoms with Gasteiger partial charge in [0.25, 0.3) is 0 Å². The lowest BCUT2D eigenvalue weighted by atomic mass is 9.81. The van der Waals surface area contributed by atoms with Gasteiger partial charge in [-0.05, 0) is 24.8 Å². The minimum Gasteiger partial charge on any atom is -0.330 e. The molecule has 1 aliphatic carbocycles. The summed E-state index contributed by atoms with van der Waals surface area (Å²) in [6, 6.07) is 0. The zero-order chi connectivity index (χ0) is 6.69. The van der Waals surface area contributed by atoms with Crippen LogP contribution in [0, 0.1) is 11.8 Å². The third kappa shape index (κ3) is 1.68. The van der Waals surface area contributed by atoms with Crippen molar-refractivity contribution >= 4 is 0 Å². The van der Waals surface area contributed by atoms with Gasteiger partial charge in [0.1, 0.15) is 0 Å². The molecule has 0 aliphatic heterocycles. The third-order valence-electron chi connectivity index (χ3n) is 2.59. The molecule has 0 radical (unpaired) electrons. The van der Waals surface area contributed by atoms with Crippen molar-refractivity contribution in [3.8, 4) is 0 Å². The van der Waals surface area contributed by atoms with Gasteiger partial charge in [0.2, 0.25) is 0 Å². The maximum atomic E-state index is 5.59. The van der Waals surface area contributed by atoms with E-state index >= 15 is 0 Å². The van der Waals surface area contributed by atoms with Crippen molar-refractivity contribution in [2.45, 2.75) is 32.6 Å². The van der Waals surface area contributed by atoms with Crippen molar-refractivity contribution in [1.29, 1.82) is 0 Å². The summed E-state index contributed by atoms with van der Waals surface area (Å²) in [4.78, 5) is 0. The largest absolute Gasteiger partial charge is 0.330 e. The van der Waals surface area contributed by atoms with Gasteiger partial charge in [-0.25, -0.2) is 0 Å². The molecule has 1 nitrogen and oxygen atoms in total. The summed E-state index contributed by atoms with van der Waals surface area (Å²) in [7, 11) is 0. The Kier molecular flexibility index (Phi) is 2.52. The molecule has 0 spiro atoms. The van der Waals surface area contributed by atoms with Crippen LogP contribution in [0.5, 0.6) is 0 Å². The maximum absolute atomic E-state index is 5.59. The van der Waals surface area contributed by atoms with Crippen molar-refractivity contribution in [1.82, 2.24) is 0 Å². The molecule has 2 N–H and O–H groups in total. The van der Waals surface area contributed by atoms with E-state index in [9.17, 15) is 0 Å². The summed E-state index contributed by atoms with van der Waals surface area (Å²) in [6.45, 7) is 3.23. The fourth-order valence-corrected chi connectivity index (χ4v) is 1.74. The Balaban J connectivity index is 2.30. The quantitative estimate of drug-likeness (QED) is 0.570. The molecule has 1 fully saturated rings. The van der Waals surface area contributed by atoms with E-state index in [1.807, 2.05) is 0 Å². The highest BCUT2D eigenvalue weighted by molar-refractivity contribution is 4.72. The molecule has 2 atom stereocenters. The lowest BCUT2D eigenvalue weighted by Crippen LogP contribution is -2.24. The summed E-state index contributed by atoms with van der Waals surface area (Å²) in [5.41, 5.74) is 5.59. The average molecular weight is 127 g/mol. The smallest absolute Gasteiger partial charge is 0.00463 e. The Labute approximate surface area is 57.6 Å². The zero-order valence-electron chi connectivity index (χ0n) is 6.27. The Morgan fingerprint density at radius 2 is 2.00 bits per heavy atom. The average Bonchev–Trinajstić information content (AvgIpc) is 1.89. The van der Waals surface area contributed by atoms with Crippen LogP contribution in [-0.2, 0) is 0 Å². The van der Waals surface area contributed by atoms with Gasteiger partial charge in [-0.15, -0.1) is 0 Å². The highest BCUT2D eigenvalue weighted by atomic mass is 14.6. The fraction of sp³-hybridized carbons (Fsp3) is 1.00. The second-order valence-electron chi connectivity index (χ2n) is 3.26. The molecule has 0 bridgehead atoms.